The van der Waals surface area contributed by atoms with E-state index in [1.165, 1.54) is 0 Å². The van der Waals surface area contributed by atoms with Gasteiger partial charge in [-0.05, 0) is 39.7 Å². The number of nitrogens with one attached hydrogen (secondary N) is 2. The van der Waals surface area contributed by atoms with Crippen molar-refractivity contribution in [3.05, 3.63) is 0 Å². The van der Waals surface area contributed by atoms with E-state index < -0.39 is 6.72 Å². The number of rotatable bonds is 8. The molecule has 0 unspecified atom stereocenters. The van der Waals surface area contributed by atoms with Crippen LogP contribution in [0.15, 0.2) is 0 Å². The zero-order chi connectivity index (χ0) is 15.6. The minimum Gasteiger partial charge on any atom is -0.324 e. The Hall–Kier alpha value is 1.88. The molecule has 5 nitrogen and oxygen atoms in total. The van der Waals surface area contributed by atoms with Gasteiger partial charge in [0.15, 0.2) is 0 Å². The van der Waals surface area contributed by atoms with Crippen LogP contribution < -0.4 is 10.6 Å². The lowest BCUT2D eigenvalue weighted by Crippen LogP contribution is -2.07. The van der Waals surface area contributed by atoms with E-state index in [-0.39, 0.29) is 24.0 Å². The fourth-order valence-corrected chi connectivity index (χ4v) is 2.39. The van der Waals surface area contributed by atoms with Crippen LogP contribution in [0, 0.1) is 0 Å². The molecular weight excluding hydrogens is 450 g/mol. The molecule has 0 heterocycles. The van der Waals surface area contributed by atoms with Gasteiger partial charge in [0.05, 0.1) is 13.2 Å². The standard InChI is InChI=1S/C4H11O3PS.2C3H9NS.HI/c1-3-6-8(5,9)7-4-2;2*1-4-2-3-5;/h3-4H2,1-2H3,(H,5,9);2*4-5H,2-3H2,1H3;1H. The van der Waals surface area contributed by atoms with E-state index in [0.29, 0.717) is 13.2 Å². The molecule has 0 aliphatic carbocycles. The van der Waals surface area contributed by atoms with Crippen LogP contribution in [-0.4, -0.2) is 56.8 Å². The third-order valence-corrected chi connectivity index (χ3v) is 3.56. The van der Waals surface area contributed by atoms with Crippen LogP contribution in [0.3, 0.4) is 0 Å². The maximum absolute atomic E-state index is 9.00. The Morgan fingerprint density at radius 2 is 1.30 bits per heavy atom. The maximum Gasteiger partial charge on any atom is 0.324 e. The van der Waals surface area contributed by atoms with Crippen molar-refractivity contribution in [2.75, 3.05) is 51.9 Å². The smallest absolute Gasteiger partial charge is 0.324 e. The van der Waals surface area contributed by atoms with Gasteiger partial charge >= 0.3 is 6.72 Å². The lowest BCUT2D eigenvalue weighted by molar-refractivity contribution is 0.212. The third kappa shape index (κ3) is 36.8. The molecule has 0 bridgehead atoms. The van der Waals surface area contributed by atoms with E-state index in [9.17, 15) is 0 Å². The van der Waals surface area contributed by atoms with Crippen molar-refractivity contribution >= 4 is 67.8 Å². The first-order chi connectivity index (χ1) is 8.95. The molecule has 128 valence electrons. The average Bonchev–Trinajstić information content (AvgIpc) is 2.32. The van der Waals surface area contributed by atoms with Crippen molar-refractivity contribution in [1.29, 1.82) is 0 Å². The second-order valence-corrected chi connectivity index (χ2v) is 6.69. The van der Waals surface area contributed by atoms with Gasteiger partial charge in [0, 0.05) is 24.6 Å². The Balaban J connectivity index is -0.000000101. The van der Waals surface area contributed by atoms with Crippen LogP contribution in [0.5, 0.6) is 0 Å². The van der Waals surface area contributed by atoms with Gasteiger partial charge in [0.2, 0.25) is 0 Å². The van der Waals surface area contributed by atoms with Crippen molar-refractivity contribution in [1.82, 2.24) is 10.6 Å². The van der Waals surface area contributed by atoms with E-state index in [2.05, 4.69) is 47.7 Å². The second kappa shape index (κ2) is 25.8. The molecule has 0 spiro atoms. The first kappa shape index (κ1) is 29.8. The molecule has 0 rings (SSSR count). The summed E-state index contributed by atoms with van der Waals surface area (Å²) in [6.45, 7) is 3.46. The van der Waals surface area contributed by atoms with E-state index in [0.717, 1.165) is 24.6 Å². The van der Waals surface area contributed by atoms with Crippen molar-refractivity contribution in [3.63, 3.8) is 0 Å². The summed E-state index contributed by atoms with van der Waals surface area (Å²) in [5, 5.41) is 5.88. The average molecular weight is 480 g/mol. The molecule has 0 aliphatic rings. The van der Waals surface area contributed by atoms with Crippen LogP contribution in [0.25, 0.3) is 0 Å². The van der Waals surface area contributed by atoms with Crippen molar-refractivity contribution in [2.45, 2.75) is 13.8 Å². The Morgan fingerprint density at radius 1 is 1.00 bits per heavy atom. The van der Waals surface area contributed by atoms with Gasteiger partial charge in [-0.2, -0.15) is 25.3 Å². The molecular formula is C10H30IN2O3PS3. The fourth-order valence-electron chi connectivity index (χ4n) is 0.587. The first-order valence-electron chi connectivity index (χ1n) is 6.08. The lowest BCUT2D eigenvalue weighted by Gasteiger charge is -2.12. The van der Waals surface area contributed by atoms with Gasteiger partial charge in [0.25, 0.3) is 0 Å². The van der Waals surface area contributed by atoms with Gasteiger partial charge in [-0.3, -0.25) is 0 Å². The van der Waals surface area contributed by atoms with Gasteiger partial charge in [-0.25, -0.2) is 0 Å². The molecule has 0 amide bonds. The predicted octanol–water partition coefficient (Wildman–Crippen LogP) is 2.17. The molecule has 0 fully saturated rings. The molecule has 0 aromatic carbocycles. The zero-order valence-electron chi connectivity index (χ0n) is 12.7. The molecule has 0 aromatic heterocycles. The molecule has 0 aliphatic heterocycles. The molecule has 0 saturated carbocycles. The van der Waals surface area contributed by atoms with Crippen LogP contribution in [0.1, 0.15) is 13.8 Å². The number of thiol groups is 2. The van der Waals surface area contributed by atoms with Gasteiger partial charge in [-0.1, -0.05) is 0 Å². The van der Waals surface area contributed by atoms with Crippen LogP contribution in [-0.2, 0) is 20.9 Å². The van der Waals surface area contributed by atoms with E-state index in [1.54, 1.807) is 13.8 Å². The van der Waals surface area contributed by atoms with Gasteiger partial charge < -0.3 is 24.6 Å². The topological polar surface area (TPSA) is 62.8 Å². The molecule has 0 atom stereocenters. The first-order valence-corrected chi connectivity index (χ1v) is 9.93. The summed E-state index contributed by atoms with van der Waals surface area (Å²) in [4.78, 5) is 9.00. The summed E-state index contributed by atoms with van der Waals surface area (Å²) >= 11 is 12.4. The molecule has 0 aromatic rings. The molecule has 0 saturated heterocycles. The lowest BCUT2D eigenvalue weighted by atomic mass is 10.8. The summed E-state index contributed by atoms with van der Waals surface area (Å²) in [6, 6.07) is 0. The largest absolute Gasteiger partial charge is 0.324 e. The Kier molecular flexibility index (Phi) is 38.5. The molecule has 3 N–H and O–H groups in total. The van der Waals surface area contributed by atoms with Crippen molar-refractivity contribution in [2.24, 2.45) is 0 Å². The van der Waals surface area contributed by atoms with Crippen LogP contribution in [0.2, 0.25) is 0 Å². The van der Waals surface area contributed by atoms with E-state index in [4.69, 9.17) is 13.9 Å². The van der Waals surface area contributed by atoms with E-state index in [1.807, 2.05) is 14.1 Å². The van der Waals surface area contributed by atoms with Crippen molar-refractivity contribution < 1.29 is 13.9 Å². The van der Waals surface area contributed by atoms with Crippen LogP contribution >= 0.6 is 56.0 Å². The fraction of sp³-hybridized carbons (Fsp3) is 1.00. The van der Waals surface area contributed by atoms with E-state index >= 15 is 0 Å². The highest BCUT2D eigenvalue weighted by Crippen LogP contribution is 2.42. The quantitative estimate of drug-likeness (QED) is 0.209. The Labute approximate surface area is 157 Å². The van der Waals surface area contributed by atoms with Crippen molar-refractivity contribution in [3.8, 4) is 0 Å². The van der Waals surface area contributed by atoms with Gasteiger partial charge in [-0.15, -0.1) is 24.0 Å². The summed E-state index contributed by atoms with van der Waals surface area (Å²) in [5.74, 6) is 1.85. The highest BCUT2D eigenvalue weighted by atomic mass is 127. The summed E-state index contributed by atoms with van der Waals surface area (Å²) in [5.41, 5.74) is 0. The minimum atomic E-state index is -2.86. The molecule has 20 heavy (non-hydrogen) atoms. The highest BCUT2D eigenvalue weighted by molar-refractivity contribution is 14.0. The highest BCUT2D eigenvalue weighted by Gasteiger charge is 2.10. The number of hydrogen-bond acceptors (Lipinski definition) is 7. The molecule has 10 heteroatoms. The number of hydrogen-bond donors (Lipinski definition) is 5. The normalized spacial score (nSPS) is 9.55. The SMILES string of the molecule is CCOP(O)(=S)OCC.CNCCS.CNCCS.I. The van der Waals surface area contributed by atoms with Crippen LogP contribution in [0.4, 0.5) is 0 Å². The summed E-state index contributed by atoms with van der Waals surface area (Å²) < 4.78 is 9.46. The second-order valence-electron chi connectivity index (χ2n) is 2.96. The summed E-state index contributed by atoms with van der Waals surface area (Å²) in [6.07, 6.45) is 0. The number of halogens is 1. The van der Waals surface area contributed by atoms with Gasteiger partial charge in [0.1, 0.15) is 0 Å². The Morgan fingerprint density at radius 3 is 1.40 bits per heavy atom. The monoisotopic (exact) mass is 480 g/mol. The minimum absolute atomic E-state index is 0. The molecule has 0 radical (unpaired) electrons. The Bertz CT molecular complexity index is 189. The third-order valence-electron chi connectivity index (χ3n) is 1.31. The summed E-state index contributed by atoms with van der Waals surface area (Å²) in [7, 11) is 3.83. The maximum atomic E-state index is 9.00. The predicted molar refractivity (Wildman–Crippen MR) is 111 cm³/mol. The zero-order valence-corrected chi connectivity index (χ0v) is 18.5.